The van der Waals surface area contributed by atoms with Gasteiger partial charge in [-0.05, 0) is 56.0 Å². The largest absolute Gasteiger partial charge is 0.494 e. The quantitative estimate of drug-likeness (QED) is 0.349. The number of esters is 1. The molecular formula is C23H25NO5. The van der Waals surface area contributed by atoms with Crippen LogP contribution in [0.4, 0.5) is 0 Å². The highest BCUT2D eigenvalue weighted by molar-refractivity contribution is 6.21. The Morgan fingerprint density at radius 2 is 1.59 bits per heavy atom. The molecule has 0 fully saturated rings. The Labute approximate surface area is 170 Å². The van der Waals surface area contributed by atoms with E-state index < -0.39 is 0 Å². The number of hydrogen-bond donors (Lipinski definition) is 0. The normalized spacial score (nSPS) is 12.8. The third kappa shape index (κ3) is 5.22. The van der Waals surface area contributed by atoms with Crippen molar-refractivity contribution in [2.45, 2.75) is 32.6 Å². The van der Waals surface area contributed by atoms with Crippen molar-refractivity contribution < 1.29 is 23.9 Å². The van der Waals surface area contributed by atoms with Crippen LogP contribution in [0.25, 0.3) is 0 Å². The molecule has 2 aromatic rings. The Hall–Kier alpha value is -3.15. The third-order valence-corrected chi connectivity index (χ3v) is 4.77. The first-order valence-corrected chi connectivity index (χ1v) is 9.92. The SMILES string of the molecule is CCOC(=O)CCCCOc1ccc(CCN2C(=O)c3ccccc3C2=O)cc1. The molecule has 0 bridgehead atoms. The summed E-state index contributed by atoms with van der Waals surface area (Å²) in [6.07, 6.45) is 2.51. The maximum absolute atomic E-state index is 12.4. The van der Waals surface area contributed by atoms with E-state index in [0.29, 0.717) is 43.7 Å². The van der Waals surface area contributed by atoms with Crippen molar-refractivity contribution in [2.24, 2.45) is 0 Å². The fraction of sp³-hybridized carbons (Fsp3) is 0.348. The molecule has 1 aliphatic rings. The zero-order valence-electron chi connectivity index (χ0n) is 16.6. The monoisotopic (exact) mass is 395 g/mol. The van der Waals surface area contributed by atoms with Crippen LogP contribution < -0.4 is 4.74 Å². The van der Waals surface area contributed by atoms with Gasteiger partial charge in [-0.3, -0.25) is 19.3 Å². The number of ether oxygens (including phenoxy) is 2. The lowest BCUT2D eigenvalue weighted by Crippen LogP contribution is -2.31. The Balaban J connectivity index is 1.42. The fourth-order valence-corrected chi connectivity index (χ4v) is 3.23. The lowest BCUT2D eigenvalue weighted by atomic mass is 10.1. The number of fused-ring (bicyclic) bond motifs is 1. The molecule has 29 heavy (non-hydrogen) atoms. The number of carbonyl (C=O) groups is 3. The molecule has 0 aromatic heterocycles. The molecule has 0 N–H and O–H groups in total. The van der Waals surface area contributed by atoms with Crippen molar-refractivity contribution in [1.29, 1.82) is 0 Å². The van der Waals surface area contributed by atoms with E-state index in [1.165, 1.54) is 4.90 Å². The number of hydrogen-bond acceptors (Lipinski definition) is 5. The van der Waals surface area contributed by atoms with Crippen LogP contribution in [0.5, 0.6) is 5.75 Å². The number of amides is 2. The number of carbonyl (C=O) groups excluding carboxylic acids is 3. The summed E-state index contributed by atoms with van der Waals surface area (Å²) < 4.78 is 10.6. The van der Waals surface area contributed by atoms with Gasteiger partial charge in [0.05, 0.1) is 24.3 Å². The van der Waals surface area contributed by atoms with Crippen LogP contribution >= 0.6 is 0 Å². The van der Waals surface area contributed by atoms with E-state index in [0.717, 1.165) is 24.2 Å². The van der Waals surface area contributed by atoms with E-state index in [1.807, 2.05) is 24.3 Å². The minimum Gasteiger partial charge on any atom is -0.494 e. The highest BCUT2D eigenvalue weighted by Crippen LogP contribution is 2.23. The van der Waals surface area contributed by atoms with Crippen LogP contribution in [0.1, 0.15) is 52.5 Å². The highest BCUT2D eigenvalue weighted by Gasteiger charge is 2.34. The van der Waals surface area contributed by atoms with Crippen LogP contribution in [0.3, 0.4) is 0 Å². The van der Waals surface area contributed by atoms with E-state index >= 15 is 0 Å². The van der Waals surface area contributed by atoms with E-state index in [4.69, 9.17) is 9.47 Å². The topological polar surface area (TPSA) is 72.9 Å². The molecule has 0 spiro atoms. The average molecular weight is 395 g/mol. The average Bonchev–Trinajstić information content (AvgIpc) is 2.98. The van der Waals surface area contributed by atoms with Gasteiger partial charge in [0.2, 0.25) is 0 Å². The maximum atomic E-state index is 12.4. The maximum Gasteiger partial charge on any atom is 0.305 e. The number of nitrogens with zero attached hydrogens (tertiary/aromatic N) is 1. The molecular weight excluding hydrogens is 370 g/mol. The molecule has 1 aliphatic heterocycles. The summed E-state index contributed by atoms with van der Waals surface area (Å²) in [5, 5.41) is 0. The number of unbranched alkanes of at least 4 members (excludes halogenated alkanes) is 1. The summed E-state index contributed by atoms with van der Waals surface area (Å²) in [6.45, 7) is 3.09. The highest BCUT2D eigenvalue weighted by atomic mass is 16.5. The number of benzene rings is 2. The van der Waals surface area contributed by atoms with Gasteiger partial charge in [0, 0.05) is 13.0 Å². The summed E-state index contributed by atoms with van der Waals surface area (Å²) >= 11 is 0. The first-order valence-electron chi connectivity index (χ1n) is 9.92. The molecule has 2 amide bonds. The molecule has 6 nitrogen and oxygen atoms in total. The minimum absolute atomic E-state index is 0.171. The van der Waals surface area contributed by atoms with Crippen molar-refractivity contribution >= 4 is 17.8 Å². The second-order valence-electron chi connectivity index (χ2n) is 6.81. The van der Waals surface area contributed by atoms with E-state index in [1.54, 1.807) is 31.2 Å². The first kappa shape index (κ1) is 20.6. The summed E-state index contributed by atoms with van der Waals surface area (Å²) in [6, 6.07) is 14.5. The van der Waals surface area contributed by atoms with Gasteiger partial charge in [-0.25, -0.2) is 0 Å². The first-order chi connectivity index (χ1) is 14.1. The van der Waals surface area contributed by atoms with Crippen LogP contribution in [-0.2, 0) is 16.0 Å². The van der Waals surface area contributed by atoms with E-state index in [-0.39, 0.29) is 17.8 Å². The van der Waals surface area contributed by atoms with Crippen molar-refractivity contribution in [2.75, 3.05) is 19.8 Å². The molecule has 6 heteroatoms. The van der Waals surface area contributed by atoms with Gasteiger partial charge < -0.3 is 9.47 Å². The second kappa shape index (κ2) is 9.87. The van der Waals surface area contributed by atoms with Crippen LogP contribution in [-0.4, -0.2) is 42.4 Å². The predicted octanol–water partition coefficient (Wildman–Crippen LogP) is 3.64. The Kier molecular flexibility index (Phi) is 7.00. The molecule has 0 saturated carbocycles. The van der Waals surface area contributed by atoms with Gasteiger partial charge in [-0.1, -0.05) is 24.3 Å². The van der Waals surface area contributed by atoms with Gasteiger partial charge in [-0.15, -0.1) is 0 Å². The summed E-state index contributed by atoms with van der Waals surface area (Å²) in [4.78, 5) is 37.3. The van der Waals surface area contributed by atoms with Crippen molar-refractivity contribution in [3.63, 3.8) is 0 Å². The molecule has 3 rings (SSSR count). The molecule has 152 valence electrons. The third-order valence-electron chi connectivity index (χ3n) is 4.77. The lowest BCUT2D eigenvalue weighted by molar-refractivity contribution is -0.143. The minimum atomic E-state index is -0.228. The summed E-state index contributed by atoms with van der Waals surface area (Å²) in [7, 11) is 0. The van der Waals surface area contributed by atoms with Crippen LogP contribution in [0.15, 0.2) is 48.5 Å². The molecule has 0 unspecified atom stereocenters. The Morgan fingerprint density at radius 1 is 0.931 bits per heavy atom. The fourth-order valence-electron chi connectivity index (χ4n) is 3.23. The zero-order valence-corrected chi connectivity index (χ0v) is 16.6. The zero-order chi connectivity index (χ0) is 20.6. The van der Waals surface area contributed by atoms with Gasteiger partial charge in [0.25, 0.3) is 11.8 Å². The molecule has 0 saturated heterocycles. The standard InChI is InChI=1S/C23H25NO5/c1-2-28-21(25)9-5-6-16-29-18-12-10-17(11-13-18)14-15-24-22(26)19-7-3-4-8-20(19)23(24)27/h3-4,7-8,10-13H,2,5-6,9,14-16H2,1H3. The van der Waals surface area contributed by atoms with Gasteiger partial charge in [-0.2, -0.15) is 0 Å². The number of imide groups is 1. The number of rotatable bonds is 10. The molecule has 0 radical (unpaired) electrons. The Morgan fingerprint density at radius 3 is 2.21 bits per heavy atom. The molecule has 1 heterocycles. The van der Waals surface area contributed by atoms with Crippen LogP contribution in [0, 0.1) is 0 Å². The molecule has 0 atom stereocenters. The molecule has 2 aromatic carbocycles. The van der Waals surface area contributed by atoms with Crippen molar-refractivity contribution in [1.82, 2.24) is 4.90 Å². The predicted molar refractivity (Wildman–Crippen MR) is 108 cm³/mol. The van der Waals surface area contributed by atoms with Crippen LogP contribution in [0.2, 0.25) is 0 Å². The second-order valence-corrected chi connectivity index (χ2v) is 6.81. The Bertz CT molecular complexity index is 840. The lowest BCUT2D eigenvalue weighted by Gasteiger charge is -2.14. The molecule has 0 aliphatic carbocycles. The van der Waals surface area contributed by atoms with Crippen molar-refractivity contribution in [3.05, 3.63) is 65.2 Å². The summed E-state index contributed by atoms with van der Waals surface area (Å²) in [5.41, 5.74) is 1.98. The van der Waals surface area contributed by atoms with E-state index in [2.05, 4.69) is 0 Å². The smallest absolute Gasteiger partial charge is 0.305 e. The summed E-state index contributed by atoms with van der Waals surface area (Å²) in [5.74, 6) is 0.127. The van der Waals surface area contributed by atoms with Gasteiger partial charge >= 0.3 is 5.97 Å². The van der Waals surface area contributed by atoms with Gasteiger partial charge in [0.1, 0.15) is 5.75 Å². The van der Waals surface area contributed by atoms with Gasteiger partial charge in [0.15, 0.2) is 0 Å². The van der Waals surface area contributed by atoms with E-state index in [9.17, 15) is 14.4 Å². The van der Waals surface area contributed by atoms with Crippen molar-refractivity contribution in [3.8, 4) is 5.75 Å².